The van der Waals surface area contributed by atoms with Gasteiger partial charge in [0, 0.05) is 24.5 Å². The third kappa shape index (κ3) is 5.53. The Hall–Kier alpha value is -3.06. The molecule has 0 spiro atoms. The predicted molar refractivity (Wildman–Crippen MR) is 113 cm³/mol. The molecule has 2 aliphatic rings. The standard InChI is InChI=1S/C20H21ClF3N5O5/c21-15-9-13(1-2-14(15)20(22,23)24)34-12-3-6-27(7-4-12)11-18(30)25-16-5-8-33-19-26-17(29(31)32)10-28(16)19/h1-2,9-10,12,16H,3-8,11H2,(H,25,30)/t16-/m0/s1. The molecule has 1 amide bonds. The summed E-state index contributed by atoms with van der Waals surface area (Å²) >= 11 is 5.74. The number of hydrogen-bond donors (Lipinski definition) is 1. The number of imidazole rings is 1. The molecule has 10 nitrogen and oxygen atoms in total. The molecule has 2 aromatic rings. The quantitative estimate of drug-likeness (QED) is 0.475. The molecule has 1 saturated heterocycles. The van der Waals surface area contributed by atoms with Crippen molar-refractivity contribution in [3.8, 4) is 11.8 Å². The van der Waals surface area contributed by atoms with Gasteiger partial charge in [-0.25, -0.2) is 0 Å². The summed E-state index contributed by atoms with van der Waals surface area (Å²) in [6.45, 7) is 1.52. The number of nitrogens with one attached hydrogen (secondary N) is 1. The number of aromatic nitrogens is 2. The second-order valence-corrected chi connectivity index (χ2v) is 8.41. The van der Waals surface area contributed by atoms with Gasteiger partial charge in [0.1, 0.15) is 24.2 Å². The number of likely N-dealkylation sites (tertiary alicyclic amines) is 1. The van der Waals surface area contributed by atoms with E-state index in [0.29, 0.717) is 32.4 Å². The van der Waals surface area contributed by atoms with Crippen molar-refractivity contribution in [2.45, 2.75) is 37.7 Å². The number of nitrogens with zero attached hydrogens (tertiary/aromatic N) is 4. The third-order valence-electron chi connectivity index (χ3n) is 5.61. The average Bonchev–Trinajstić information content (AvgIpc) is 3.20. The van der Waals surface area contributed by atoms with Gasteiger partial charge in [0.2, 0.25) is 5.91 Å². The van der Waals surface area contributed by atoms with E-state index in [1.165, 1.54) is 16.8 Å². The average molecular weight is 504 g/mol. The van der Waals surface area contributed by atoms with E-state index in [0.717, 1.165) is 12.1 Å². The van der Waals surface area contributed by atoms with E-state index in [1.54, 1.807) is 0 Å². The zero-order chi connectivity index (χ0) is 24.5. The van der Waals surface area contributed by atoms with Crippen LogP contribution in [0, 0.1) is 10.1 Å². The number of halogens is 4. The Bertz CT molecular complexity index is 1070. The maximum absolute atomic E-state index is 12.8. The molecular weight excluding hydrogens is 483 g/mol. The van der Waals surface area contributed by atoms with Gasteiger partial charge in [-0.3, -0.25) is 14.3 Å². The molecule has 1 atom stereocenters. The molecule has 0 radical (unpaired) electrons. The van der Waals surface area contributed by atoms with Gasteiger partial charge in [0.15, 0.2) is 0 Å². The summed E-state index contributed by atoms with van der Waals surface area (Å²) in [7, 11) is 0. The van der Waals surface area contributed by atoms with Crippen LogP contribution >= 0.6 is 11.6 Å². The molecule has 0 aliphatic carbocycles. The smallest absolute Gasteiger partial charge is 0.417 e. The highest BCUT2D eigenvalue weighted by Crippen LogP contribution is 2.36. The van der Waals surface area contributed by atoms with Crippen molar-refractivity contribution < 1.29 is 32.4 Å². The van der Waals surface area contributed by atoms with E-state index in [2.05, 4.69) is 10.3 Å². The number of hydrogen-bond acceptors (Lipinski definition) is 7. The van der Waals surface area contributed by atoms with Crippen LogP contribution in [0.4, 0.5) is 19.0 Å². The van der Waals surface area contributed by atoms with Crippen molar-refractivity contribution in [2.75, 3.05) is 26.2 Å². The van der Waals surface area contributed by atoms with Gasteiger partial charge in [-0.1, -0.05) is 11.6 Å². The maximum Gasteiger partial charge on any atom is 0.417 e. The van der Waals surface area contributed by atoms with Crippen LogP contribution in [0.25, 0.3) is 0 Å². The summed E-state index contributed by atoms with van der Waals surface area (Å²) in [5.41, 5.74) is -0.913. The fourth-order valence-corrected chi connectivity index (χ4v) is 4.21. The topological polar surface area (TPSA) is 112 Å². The van der Waals surface area contributed by atoms with Crippen LogP contribution < -0.4 is 14.8 Å². The second kappa shape index (κ2) is 9.66. The number of alkyl halides is 3. The molecule has 1 fully saturated rings. The number of carbonyl (C=O) groups excluding carboxylic acids is 1. The van der Waals surface area contributed by atoms with Crippen LogP contribution in [0.5, 0.6) is 11.8 Å². The van der Waals surface area contributed by atoms with Gasteiger partial charge in [0.25, 0.3) is 0 Å². The number of carbonyl (C=O) groups is 1. The molecule has 14 heteroatoms. The first-order valence-corrected chi connectivity index (χ1v) is 10.9. The number of nitro groups is 1. The van der Waals surface area contributed by atoms with Crippen LogP contribution in [-0.2, 0) is 11.0 Å². The van der Waals surface area contributed by atoms with Gasteiger partial charge >= 0.3 is 18.0 Å². The van der Waals surface area contributed by atoms with Gasteiger partial charge in [0.05, 0.1) is 23.7 Å². The van der Waals surface area contributed by atoms with E-state index >= 15 is 0 Å². The molecule has 184 valence electrons. The van der Waals surface area contributed by atoms with E-state index in [9.17, 15) is 28.1 Å². The van der Waals surface area contributed by atoms with Crippen molar-refractivity contribution in [3.05, 3.63) is 45.1 Å². The fraction of sp³-hybridized carbons (Fsp3) is 0.500. The van der Waals surface area contributed by atoms with E-state index < -0.39 is 27.9 Å². The number of fused-ring (bicyclic) bond motifs is 1. The second-order valence-electron chi connectivity index (χ2n) is 8.00. The molecule has 0 bridgehead atoms. The van der Waals surface area contributed by atoms with E-state index in [1.807, 2.05) is 4.90 Å². The molecule has 4 rings (SSSR count). The Labute approximate surface area is 196 Å². The van der Waals surface area contributed by atoms with Crippen molar-refractivity contribution in [2.24, 2.45) is 0 Å². The molecule has 0 saturated carbocycles. The lowest BCUT2D eigenvalue weighted by Crippen LogP contribution is -2.45. The van der Waals surface area contributed by atoms with E-state index in [-0.39, 0.29) is 42.7 Å². The van der Waals surface area contributed by atoms with Crippen LogP contribution in [0.2, 0.25) is 5.02 Å². The molecule has 1 N–H and O–H groups in total. The highest BCUT2D eigenvalue weighted by Gasteiger charge is 2.34. The Morgan fingerprint density at radius 2 is 2.06 bits per heavy atom. The predicted octanol–water partition coefficient (Wildman–Crippen LogP) is 3.40. The largest absolute Gasteiger partial charge is 0.490 e. The van der Waals surface area contributed by atoms with Crippen molar-refractivity contribution in [1.29, 1.82) is 0 Å². The Balaban J connectivity index is 1.26. The minimum atomic E-state index is -4.53. The van der Waals surface area contributed by atoms with Gasteiger partial charge < -0.3 is 24.9 Å². The lowest BCUT2D eigenvalue weighted by Gasteiger charge is -2.32. The van der Waals surface area contributed by atoms with Crippen molar-refractivity contribution >= 4 is 23.3 Å². The molecule has 1 aromatic carbocycles. The third-order valence-corrected chi connectivity index (χ3v) is 5.92. The van der Waals surface area contributed by atoms with Crippen LogP contribution in [0.1, 0.15) is 31.0 Å². The minimum absolute atomic E-state index is 0.0876. The first-order valence-electron chi connectivity index (χ1n) is 10.5. The molecule has 3 heterocycles. The summed E-state index contributed by atoms with van der Waals surface area (Å²) in [5.74, 6) is -0.338. The molecule has 1 aromatic heterocycles. The zero-order valence-corrected chi connectivity index (χ0v) is 18.5. The van der Waals surface area contributed by atoms with Crippen LogP contribution in [0.3, 0.4) is 0 Å². The first-order chi connectivity index (χ1) is 16.1. The number of rotatable bonds is 6. The lowest BCUT2D eigenvalue weighted by atomic mass is 10.1. The maximum atomic E-state index is 12.8. The Morgan fingerprint density at radius 3 is 2.71 bits per heavy atom. The summed E-state index contributed by atoms with van der Waals surface area (Å²) in [6, 6.07) is 3.39. The number of piperidine rings is 1. The number of ether oxygens (including phenoxy) is 2. The van der Waals surface area contributed by atoms with Crippen molar-refractivity contribution in [1.82, 2.24) is 19.8 Å². The van der Waals surface area contributed by atoms with Gasteiger partial charge in [-0.2, -0.15) is 13.2 Å². The normalized spacial score (nSPS) is 19.2. The van der Waals surface area contributed by atoms with Crippen LogP contribution in [-0.4, -0.2) is 57.6 Å². The summed E-state index contributed by atoms with van der Waals surface area (Å²) in [5, 5.41) is 13.4. The monoisotopic (exact) mass is 503 g/mol. The first kappa shape index (κ1) is 24.1. The highest BCUT2D eigenvalue weighted by atomic mass is 35.5. The Morgan fingerprint density at radius 1 is 1.32 bits per heavy atom. The number of amides is 1. The summed E-state index contributed by atoms with van der Waals surface area (Å²) < 4.78 is 51.1. The zero-order valence-electron chi connectivity index (χ0n) is 17.8. The molecule has 0 unspecified atom stereocenters. The van der Waals surface area contributed by atoms with Gasteiger partial charge in [-0.05, 0) is 36.0 Å². The van der Waals surface area contributed by atoms with Gasteiger partial charge in [-0.15, -0.1) is 0 Å². The summed E-state index contributed by atoms with van der Waals surface area (Å²) in [6.07, 6.45) is -2.39. The molecule has 34 heavy (non-hydrogen) atoms. The van der Waals surface area contributed by atoms with Crippen LogP contribution in [0.15, 0.2) is 24.4 Å². The summed E-state index contributed by atoms with van der Waals surface area (Å²) in [4.78, 5) is 28.6. The van der Waals surface area contributed by atoms with Crippen molar-refractivity contribution in [3.63, 3.8) is 0 Å². The SMILES string of the molecule is O=C(CN1CCC(Oc2ccc(C(F)(F)F)c(Cl)c2)CC1)N[C@@H]1CCOc2nc([N+](=O)[O-])cn21. The lowest BCUT2D eigenvalue weighted by molar-refractivity contribution is -0.389. The Kier molecular flexibility index (Phi) is 6.84. The molecule has 2 aliphatic heterocycles. The number of benzene rings is 1. The molecular formula is C20H21ClF3N5O5. The highest BCUT2D eigenvalue weighted by molar-refractivity contribution is 6.31. The minimum Gasteiger partial charge on any atom is -0.490 e. The fourth-order valence-electron chi connectivity index (χ4n) is 3.94. The van der Waals surface area contributed by atoms with E-state index in [4.69, 9.17) is 21.1 Å².